The van der Waals surface area contributed by atoms with Crippen molar-refractivity contribution in [1.82, 2.24) is 0 Å². The predicted molar refractivity (Wildman–Crippen MR) is 245 cm³/mol. The fourth-order valence-electron chi connectivity index (χ4n) is 17.8. The van der Waals surface area contributed by atoms with E-state index >= 15 is 0 Å². The van der Waals surface area contributed by atoms with Crippen molar-refractivity contribution in [2.24, 2.45) is 92.7 Å². The maximum Gasteiger partial charge on any atom is 0.400 e. The highest BCUT2D eigenvalue weighted by Crippen LogP contribution is 2.69. The molecule has 0 aliphatic heterocycles. The first kappa shape index (κ1) is 44.9. The van der Waals surface area contributed by atoms with E-state index in [1.807, 2.05) is 0 Å². The summed E-state index contributed by atoms with van der Waals surface area (Å²) in [5, 5.41) is 0. The van der Waals surface area contributed by atoms with Gasteiger partial charge in [-0.1, -0.05) is 131 Å². The van der Waals surface area contributed by atoms with Crippen LogP contribution in [0.5, 0.6) is 0 Å². The third-order valence-electron chi connectivity index (χ3n) is 21.0. The molecule has 0 spiro atoms. The van der Waals surface area contributed by atoms with Crippen LogP contribution in [0.3, 0.4) is 0 Å². The average molecular weight is 835 g/mol. The highest BCUT2D eigenvalue weighted by atomic mass is 32.3. The molecule has 0 heterocycles. The molecule has 8 aliphatic rings. The lowest BCUT2D eigenvalue weighted by Gasteiger charge is -2.58. The van der Waals surface area contributed by atoms with Crippen molar-refractivity contribution in [2.75, 3.05) is 0 Å². The highest BCUT2D eigenvalue weighted by Gasteiger charge is 2.61. The van der Waals surface area contributed by atoms with Crippen LogP contribution in [0.2, 0.25) is 0 Å². The first-order valence-electron chi connectivity index (χ1n) is 25.9. The molecular formula is C54H90O4S. The maximum absolute atomic E-state index is 13.7. The van der Waals surface area contributed by atoms with Crippen molar-refractivity contribution in [2.45, 2.75) is 223 Å². The van der Waals surface area contributed by atoms with Gasteiger partial charge in [0.15, 0.2) is 0 Å². The van der Waals surface area contributed by atoms with E-state index in [9.17, 15) is 8.42 Å². The molecule has 0 radical (unpaired) electrons. The molecule has 8 rings (SSSR count). The van der Waals surface area contributed by atoms with Crippen LogP contribution in [0.15, 0.2) is 23.3 Å². The van der Waals surface area contributed by atoms with Crippen LogP contribution >= 0.6 is 0 Å². The van der Waals surface area contributed by atoms with Crippen molar-refractivity contribution in [3.05, 3.63) is 23.3 Å². The largest absolute Gasteiger partial charge is 0.400 e. The molecule has 0 aromatic rings. The number of rotatable bonds is 14. The lowest BCUT2D eigenvalue weighted by atomic mass is 9.47. The summed E-state index contributed by atoms with van der Waals surface area (Å²) in [6.07, 6.45) is 31.4. The van der Waals surface area contributed by atoms with Crippen molar-refractivity contribution >= 4 is 10.4 Å². The Morgan fingerprint density at radius 1 is 0.542 bits per heavy atom. The minimum Gasteiger partial charge on any atom is -0.245 e. The first-order valence-corrected chi connectivity index (χ1v) is 27.2. The molecular weight excluding hydrogens is 745 g/mol. The number of fused-ring (bicyclic) bond motifs is 10. The van der Waals surface area contributed by atoms with Crippen molar-refractivity contribution in [1.29, 1.82) is 0 Å². The molecule has 6 saturated carbocycles. The van der Waals surface area contributed by atoms with E-state index in [-0.39, 0.29) is 23.0 Å². The quantitative estimate of drug-likeness (QED) is 0.164. The Morgan fingerprint density at radius 2 is 0.949 bits per heavy atom. The predicted octanol–water partition coefficient (Wildman–Crippen LogP) is 15.1. The molecule has 0 amide bonds. The van der Waals surface area contributed by atoms with Gasteiger partial charge in [0, 0.05) is 0 Å². The van der Waals surface area contributed by atoms with Crippen LogP contribution in [0.1, 0.15) is 210 Å². The van der Waals surface area contributed by atoms with Gasteiger partial charge in [-0.25, -0.2) is 8.37 Å². The SMILES string of the molecule is CC(C)CCC[C@@H](C)[C@H]1CC[C@H]2[C@@H]3CC=C4CC(OS(=O)(=O)OC5CC[C@@]6(C)C(=CCC7C6CC[C@@]6(C)C7CC[C@@H]6[C@H](C)CCCC(C)C)C5)CC[C@]4(C)[C@H]3CC[C@]12C. The van der Waals surface area contributed by atoms with Gasteiger partial charge in [-0.05, 0) is 195 Å². The summed E-state index contributed by atoms with van der Waals surface area (Å²) in [4.78, 5) is 0. The smallest absolute Gasteiger partial charge is 0.245 e. The number of hydrogen-bond donors (Lipinski definition) is 0. The fourth-order valence-corrected chi connectivity index (χ4v) is 18.9. The molecule has 16 atom stereocenters. The van der Waals surface area contributed by atoms with Crippen LogP contribution in [0.4, 0.5) is 0 Å². The molecule has 6 fully saturated rings. The summed E-state index contributed by atoms with van der Waals surface area (Å²) < 4.78 is 39.5. The second-order valence-corrected chi connectivity index (χ2v) is 26.1. The zero-order valence-electron chi connectivity index (χ0n) is 39.8. The number of allylic oxidation sites excluding steroid dienone is 2. The summed E-state index contributed by atoms with van der Waals surface area (Å²) in [7, 11) is -4.09. The zero-order chi connectivity index (χ0) is 42.1. The second kappa shape index (κ2) is 17.0. The average Bonchev–Trinajstić information content (AvgIpc) is 3.71. The summed E-state index contributed by atoms with van der Waals surface area (Å²) in [6.45, 7) is 25.1. The van der Waals surface area contributed by atoms with Gasteiger partial charge in [-0.3, -0.25) is 0 Å². The lowest BCUT2D eigenvalue weighted by Crippen LogP contribution is -2.51. The van der Waals surface area contributed by atoms with Gasteiger partial charge in [-0.15, -0.1) is 0 Å². The Morgan fingerprint density at radius 3 is 1.34 bits per heavy atom. The van der Waals surface area contributed by atoms with Gasteiger partial charge in [0.1, 0.15) is 0 Å². The zero-order valence-corrected chi connectivity index (χ0v) is 40.7. The van der Waals surface area contributed by atoms with E-state index in [4.69, 9.17) is 8.37 Å². The van der Waals surface area contributed by atoms with E-state index in [0.29, 0.717) is 10.8 Å². The monoisotopic (exact) mass is 835 g/mol. The Bertz CT molecular complexity index is 1550. The first-order chi connectivity index (χ1) is 27.9. The standard InChI is InChI=1S/C54H90O4S/c1-35(2)13-11-15-37(5)45-21-23-47-43-19-17-39-33-41(25-29-51(39,7)49(43)27-31-53(45,47)9)57-59(55,56)58-42-26-30-52(8)40(34-42)18-20-44-48-24-22-46(38(6)16-12-14-36(3)4)54(48,10)32-28-50(44)52/h17-18,35-38,41-50H,11-16,19-34H2,1-10H3/t37-,38-,41?,42?,43+,44?,45-,46-,47+,48?,49+,50?,51+,52+,53-,54-/m1/s1. The lowest BCUT2D eigenvalue weighted by molar-refractivity contribution is -0.0589. The van der Waals surface area contributed by atoms with Crippen molar-refractivity contribution < 1.29 is 16.8 Å². The summed E-state index contributed by atoms with van der Waals surface area (Å²) in [5.74, 6) is 9.72. The van der Waals surface area contributed by atoms with E-state index in [0.717, 1.165) is 110 Å². The highest BCUT2D eigenvalue weighted by molar-refractivity contribution is 7.81. The van der Waals surface area contributed by atoms with Gasteiger partial charge in [-0.2, -0.15) is 8.42 Å². The topological polar surface area (TPSA) is 52.6 Å². The molecule has 336 valence electrons. The van der Waals surface area contributed by atoms with Gasteiger partial charge >= 0.3 is 10.4 Å². The van der Waals surface area contributed by atoms with Gasteiger partial charge in [0.25, 0.3) is 0 Å². The normalized spacial score (nSPS) is 45.4. The minimum absolute atomic E-state index is 0.177. The van der Waals surface area contributed by atoms with Crippen LogP contribution in [0.25, 0.3) is 0 Å². The third kappa shape index (κ3) is 8.32. The van der Waals surface area contributed by atoms with E-state index in [2.05, 4.69) is 81.4 Å². The van der Waals surface area contributed by atoms with E-state index < -0.39 is 10.4 Å². The molecule has 0 aromatic heterocycles. The Balaban J connectivity index is 0.856. The Hall–Kier alpha value is -0.650. The van der Waals surface area contributed by atoms with Crippen LogP contribution in [-0.2, 0) is 18.8 Å². The molecule has 4 nitrogen and oxygen atoms in total. The summed E-state index contributed by atoms with van der Waals surface area (Å²) >= 11 is 0. The minimum atomic E-state index is -4.09. The Labute approximate surface area is 364 Å². The van der Waals surface area contributed by atoms with Crippen LogP contribution in [0, 0.1) is 92.7 Å². The summed E-state index contributed by atoms with van der Waals surface area (Å²) in [6, 6.07) is 0. The van der Waals surface area contributed by atoms with Gasteiger partial charge in [0.2, 0.25) is 0 Å². The van der Waals surface area contributed by atoms with Gasteiger partial charge in [0.05, 0.1) is 12.2 Å². The molecule has 5 unspecified atom stereocenters. The molecule has 8 aliphatic carbocycles. The number of hydrogen-bond acceptors (Lipinski definition) is 4. The molecule has 0 bridgehead atoms. The fraction of sp³-hybridized carbons (Fsp3) is 0.926. The second-order valence-electron chi connectivity index (χ2n) is 24.9. The molecule has 5 heteroatoms. The van der Waals surface area contributed by atoms with Crippen LogP contribution < -0.4 is 0 Å². The van der Waals surface area contributed by atoms with Gasteiger partial charge < -0.3 is 0 Å². The third-order valence-corrected chi connectivity index (χ3v) is 22.0. The molecule has 0 N–H and O–H groups in total. The van der Waals surface area contributed by atoms with E-state index in [1.165, 1.54) is 114 Å². The summed E-state index contributed by atoms with van der Waals surface area (Å²) in [5.41, 5.74) is 4.30. The maximum atomic E-state index is 13.7. The molecule has 0 aromatic carbocycles. The van der Waals surface area contributed by atoms with Crippen LogP contribution in [-0.4, -0.2) is 20.6 Å². The molecule has 59 heavy (non-hydrogen) atoms. The molecule has 0 saturated heterocycles. The van der Waals surface area contributed by atoms with Crippen molar-refractivity contribution in [3.63, 3.8) is 0 Å². The van der Waals surface area contributed by atoms with Crippen molar-refractivity contribution in [3.8, 4) is 0 Å². The Kier molecular flexibility index (Phi) is 13.0. The van der Waals surface area contributed by atoms with E-state index in [1.54, 1.807) is 0 Å².